The standard InChI is InChI=1S/C14H19N3/c1-3-17-14(8-9-16-17)13(15)10-12-6-4-11(2)5-7-12/h4-9,13H,3,10,15H2,1-2H3. The second kappa shape index (κ2) is 5.15. The molecule has 0 amide bonds. The van der Waals surface area contributed by atoms with Gasteiger partial charge in [0.05, 0.1) is 11.7 Å². The Hall–Kier alpha value is -1.61. The zero-order valence-corrected chi connectivity index (χ0v) is 10.4. The van der Waals surface area contributed by atoms with Crippen LogP contribution in [0.5, 0.6) is 0 Å². The van der Waals surface area contributed by atoms with Crippen LogP contribution in [0.4, 0.5) is 0 Å². The lowest BCUT2D eigenvalue weighted by Gasteiger charge is -2.13. The summed E-state index contributed by atoms with van der Waals surface area (Å²) in [6, 6.07) is 10.5. The third kappa shape index (κ3) is 2.74. The molecule has 1 heterocycles. The first-order valence-corrected chi connectivity index (χ1v) is 6.03. The summed E-state index contributed by atoms with van der Waals surface area (Å²) in [7, 11) is 0. The van der Waals surface area contributed by atoms with Gasteiger partial charge in [-0.05, 0) is 31.9 Å². The Labute approximate surface area is 102 Å². The molecule has 1 unspecified atom stereocenters. The van der Waals surface area contributed by atoms with Crippen molar-refractivity contribution in [2.45, 2.75) is 32.9 Å². The predicted octanol–water partition coefficient (Wildman–Crippen LogP) is 2.45. The lowest BCUT2D eigenvalue weighted by atomic mass is 10.0. The molecule has 0 aliphatic carbocycles. The van der Waals surface area contributed by atoms with Gasteiger partial charge in [0.15, 0.2) is 0 Å². The van der Waals surface area contributed by atoms with Crippen molar-refractivity contribution >= 4 is 0 Å². The predicted molar refractivity (Wildman–Crippen MR) is 69.7 cm³/mol. The van der Waals surface area contributed by atoms with Gasteiger partial charge in [-0.3, -0.25) is 4.68 Å². The molecule has 0 aliphatic heterocycles. The summed E-state index contributed by atoms with van der Waals surface area (Å²) in [6.45, 7) is 5.04. The molecule has 2 N–H and O–H groups in total. The average Bonchev–Trinajstić information content (AvgIpc) is 2.80. The van der Waals surface area contributed by atoms with Crippen LogP contribution in [0, 0.1) is 6.92 Å². The van der Waals surface area contributed by atoms with Crippen molar-refractivity contribution in [3.05, 3.63) is 53.3 Å². The molecule has 0 saturated heterocycles. The van der Waals surface area contributed by atoms with Gasteiger partial charge in [-0.2, -0.15) is 5.10 Å². The lowest BCUT2D eigenvalue weighted by molar-refractivity contribution is 0.568. The zero-order valence-electron chi connectivity index (χ0n) is 10.4. The summed E-state index contributed by atoms with van der Waals surface area (Å²) in [5.74, 6) is 0. The number of nitrogens with two attached hydrogens (primary N) is 1. The molecule has 17 heavy (non-hydrogen) atoms. The van der Waals surface area contributed by atoms with Crippen molar-refractivity contribution in [2.75, 3.05) is 0 Å². The van der Waals surface area contributed by atoms with Crippen LogP contribution >= 0.6 is 0 Å². The summed E-state index contributed by atoms with van der Waals surface area (Å²) >= 11 is 0. The number of rotatable bonds is 4. The minimum atomic E-state index is 0.0140. The molecule has 2 rings (SSSR count). The first kappa shape index (κ1) is 11.9. The van der Waals surface area contributed by atoms with E-state index in [1.807, 2.05) is 16.9 Å². The number of benzene rings is 1. The summed E-state index contributed by atoms with van der Waals surface area (Å²) in [5, 5.41) is 4.25. The Morgan fingerprint density at radius 3 is 2.59 bits per heavy atom. The number of hydrogen-bond acceptors (Lipinski definition) is 2. The molecule has 0 spiro atoms. The van der Waals surface area contributed by atoms with Crippen LogP contribution in [0.3, 0.4) is 0 Å². The number of hydrogen-bond donors (Lipinski definition) is 1. The fourth-order valence-electron chi connectivity index (χ4n) is 2.00. The van der Waals surface area contributed by atoms with Gasteiger partial charge < -0.3 is 5.73 Å². The van der Waals surface area contributed by atoms with Crippen molar-refractivity contribution in [2.24, 2.45) is 5.73 Å². The van der Waals surface area contributed by atoms with E-state index in [1.165, 1.54) is 11.1 Å². The zero-order chi connectivity index (χ0) is 12.3. The van der Waals surface area contributed by atoms with Gasteiger partial charge in [0.2, 0.25) is 0 Å². The molecule has 1 atom stereocenters. The van der Waals surface area contributed by atoms with Crippen molar-refractivity contribution in [3.63, 3.8) is 0 Å². The van der Waals surface area contributed by atoms with Gasteiger partial charge in [-0.1, -0.05) is 29.8 Å². The van der Waals surface area contributed by atoms with Crippen molar-refractivity contribution in [3.8, 4) is 0 Å². The first-order valence-electron chi connectivity index (χ1n) is 6.03. The second-order valence-electron chi connectivity index (χ2n) is 4.37. The number of aryl methyl sites for hydroxylation is 2. The second-order valence-corrected chi connectivity index (χ2v) is 4.37. The topological polar surface area (TPSA) is 43.8 Å². The van der Waals surface area contributed by atoms with E-state index >= 15 is 0 Å². The molecule has 90 valence electrons. The van der Waals surface area contributed by atoms with Gasteiger partial charge in [0.25, 0.3) is 0 Å². The molecule has 0 radical (unpaired) electrons. The molecule has 0 aliphatic rings. The van der Waals surface area contributed by atoms with Crippen LogP contribution in [0.25, 0.3) is 0 Å². The molecule has 3 nitrogen and oxygen atoms in total. The van der Waals surface area contributed by atoms with E-state index in [1.54, 1.807) is 0 Å². The van der Waals surface area contributed by atoms with Crippen LogP contribution in [-0.4, -0.2) is 9.78 Å². The van der Waals surface area contributed by atoms with Crippen molar-refractivity contribution < 1.29 is 0 Å². The number of aromatic nitrogens is 2. The Morgan fingerprint density at radius 1 is 1.24 bits per heavy atom. The summed E-state index contributed by atoms with van der Waals surface area (Å²) in [6.07, 6.45) is 2.67. The quantitative estimate of drug-likeness (QED) is 0.875. The molecule has 0 bridgehead atoms. The largest absolute Gasteiger partial charge is 0.322 e. The Morgan fingerprint density at radius 2 is 1.94 bits per heavy atom. The van der Waals surface area contributed by atoms with Crippen LogP contribution in [0.1, 0.15) is 29.8 Å². The van der Waals surface area contributed by atoms with Gasteiger partial charge in [-0.15, -0.1) is 0 Å². The van der Waals surface area contributed by atoms with Crippen LogP contribution in [0.15, 0.2) is 36.5 Å². The van der Waals surface area contributed by atoms with E-state index in [-0.39, 0.29) is 6.04 Å². The average molecular weight is 229 g/mol. The summed E-state index contributed by atoms with van der Waals surface area (Å²) in [4.78, 5) is 0. The maximum Gasteiger partial charge on any atom is 0.0554 e. The monoisotopic (exact) mass is 229 g/mol. The highest BCUT2D eigenvalue weighted by Gasteiger charge is 2.11. The van der Waals surface area contributed by atoms with Crippen LogP contribution < -0.4 is 5.73 Å². The third-order valence-corrected chi connectivity index (χ3v) is 3.01. The normalized spacial score (nSPS) is 12.6. The van der Waals surface area contributed by atoms with E-state index in [0.29, 0.717) is 0 Å². The van der Waals surface area contributed by atoms with E-state index in [4.69, 9.17) is 5.73 Å². The molecule has 0 fully saturated rings. The van der Waals surface area contributed by atoms with E-state index < -0.39 is 0 Å². The van der Waals surface area contributed by atoms with Gasteiger partial charge in [-0.25, -0.2) is 0 Å². The molecular weight excluding hydrogens is 210 g/mol. The van der Waals surface area contributed by atoms with Gasteiger partial charge >= 0.3 is 0 Å². The number of nitrogens with zero attached hydrogens (tertiary/aromatic N) is 2. The first-order chi connectivity index (χ1) is 8.20. The highest BCUT2D eigenvalue weighted by atomic mass is 15.3. The highest BCUT2D eigenvalue weighted by Crippen LogP contribution is 2.16. The van der Waals surface area contributed by atoms with Crippen LogP contribution in [0.2, 0.25) is 0 Å². The van der Waals surface area contributed by atoms with Gasteiger partial charge in [0.1, 0.15) is 0 Å². The molecular formula is C14H19N3. The smallest absolute Gasteiger partial charge is 0.0554 e. The molecule has 0 saturated carbocycles. The maximum absolute atomic E-state index is 6.23. The van der Waals surface area contributed by atoms with E-state index in [9.17, 15) is 0 Å². The Balaban J connectivity index is 2.11. The fourth-order valence-corrected chi connectivity index (χ4v) is 2.00. The van der Waals surface area contributed by atoms with Crippen molar-refractivity contribution in [1.82, 2.24) is 9.78 Å². The highest BCUT2D eigenvalue weighted by molar-refractivity contribution is 5.23. The van der Waals surface area contributed by atoms with Crippen molar-refractivity contribution in [1.29, 1.82) is 0 Å². The van der Waals surface area contributed by atoms with E-state index in [2.05, 4.69) is 43.2 Å². The summed E-state index contributed by atoms with van der Waals surface area (Å²) in [5.41, 5.74) is 9.88. The maximum atomic E-state index is 6.23. The SMILES string of the molecule is CCn1nccc1C(N)Cc1ccc(C)cc1. The van der Waals surface area contributed by atoms with Crippen LogP contribution in [-0.2, 0) is 13.0 Å². The minimum absolute atomic E-state index is 0.0140. The molecule has 3 heteroatoms. The summed E-state index contributed by atoms with van der Waals surface area (Å²) < 4.78 is 1.96. The Bertz CT molecular complexity index is 470. The Kier molecular flexibility index (Phi) is 3.59. The molecule has 1 aromatic carbocycles. The molecule has 2 aromatic rings. The third-order valence-electron chi connectivity index (χ3n) is 3.01. The lowest BCUT2D eigenvalue weighted by Crippen LogP contribution is -2.18. The minimum Gasteiger partial charge on any atom is -0.322 e. The van der Waals surface area contributed by atoms with Gasteiger partial charge in [0, 0.05) is 12.7 Å². The fraction of sp³-hybridized carbons (Fsp3) is 0.357. The van der Waals surface area contributed by atoms with E-state index in [0.717, 1.165) is 18.7 Å². The molecule has 1 aromatic heterocycles.